The summed E-state index contributed by atoms with van der Waals surface area (Å²) in [6, 6.07) is 0. The lowest BCUT2D eigenvalue weighted by atomic mass is 10.1. The summed E-state index contributed by atoms with van der Waals surface area (Å²) in [6.45, 7) is 13.0. The minimum atomic E-state index is 0.919. The van der Waals surface area contributed by atoms with Gasteiger partial charge in [0.2, 0.25) is 0 Å². The minimum Gasteiger partial charge on any atom is -0.0990 e. The second kappa shape index (κ2) is 5.48. The Morgan fingerprint density at radius 2 is 1.91 bits per heavy atom. The molecule has 0 atom stereocenters. The van der Waals surface area contributed by atoms with Gasteiger partial charge in [-0.2, -0.15) is 0 Å². The van der Waals surface area contributed by atoms with Gasteiger partial charge in [0.15, 0.2) is 0 Å². The largest absolute Gasteiger partial charge is 0.0990 e. The molecule has 0 radical (unpaired) electrons. The normalized spacial score (nSPS) is 11.5. The molecule has 0 aromatic heterocycles. The van der Waals surface area contributed by atoms with Gasteiger partial charge in [-0.1, -0.05) is 50.1 Å². The predicted molar refractivity (Wildman–Crippen MR) is 52.4 cm³/mol. The third-order valence-corrected chi connectivity index (χ3v) is 1.26. The molecule has 0 saturated carbocycles. The summed E-state index contributed by atoms with van der Waals surface area (Å²) in [7, 11) is 0. The van der Waals surface area contributed by atoms with E-state index >= 15 is 0 Å². The van der Waals surface area contributed by atoms with Crippen LogP contribution in [0.1, 0.15) is 6.92 Å². The van der Waals surface area contributed by atoms with Gasteiger partial charge in [-0.15, -0.1) is 0 Å². The molecule has 0 rings (SSSR count). The molecule has 0 aromatic carbocycles. The summed E-state index contributed by atoms with van der Waals surface area (Å²) in [6.07, 6.45) is 9.32. The zero-order valence-corrected chi connectivity index (χ0v) is 7.01. The van der Waals surface area contributed by atoms with E-state index in [0.717, 1.165) is 11.1 Å². The minimum absolute atomic E-state index is 0.919. The van der Waals surface area contributed by atoms with E-state index in [2.05, 4.69) is 19.7 Å². The Kier molecular flexibility index (Phi) is 4.83. The molecule has 0 fully saturated rings. The average molecular weight is 146 g/mol. The lowest BCUT2D eigenvalue weighted by Gasteiger charge is -1.97. The van der Waals surface area contributed by atoms with E-state index in [0.29, 0.717) is 0 Å². The van der Waals surface area contributed by atoms with Crippen LogP contribution in [0.3, 0.4) is 0 Å². The van der Waals surface area contributed by atoms with Gasteiger partial charge in [0, 0.05) is 0 Å². The highest BCUT2D eigenvalue weighted by molar-refractivity contribution is 5.45. The zero-order chi connectivity index (χ0) is 8.69. The monoisotopic (exact) mass is 146 g/mol. The molecule has 0 heterocycles. The molecular formula is C11H14. The second-order valence-electron chi connectivity index (χ2n) is 2.09. The van der Waals surface area contributed by atoms with Gasteiger partial charge >= 0.3 is 0 Å². The van der Waals surface area contributed by atoms with Crippen LogP contribution in [0.4, 0.5) is 0 Å². The van der Waals surface area contributed by atoms with Gasteiger partial charge in [0.05, 0.1) is 0 Å². The smallest absolute Gasteiger partial charge is 0.0194 e. The van der Waals surface area contributed by atoms with E-state index in [9.17, 15) is 0 Å². The Balaban J connectivity index is 4.59. The molecule has 58 valence electrons. The Bertz CT molecular complexity index is 214. The van der Waals surface area contributed by atoms with Crippen molar-refractivity contribution in [3.8, 4) is 0 Å². The molecule has 0 amide bonds. The van der Waals surface area contributed by atoms with Crippen LogP contribution in [0.5, 0.6) is 0 Å². The summed E-state index contributed by atoms with van der Waals surface area (Å²) in [5, 5.41) is 0. The van der Waals surface area contributed by atoms with Crippen LogP contribution in [-0.2, 0) is 0 Å². The number of hydrogen-bond donors (Lipinski definition) is 0. The van der Waals surface area contributed by atoms with E-state index in [1.54, 1.807) is 12.2 Å². The van der Waals surface area contributed by atoms with Crippen LogP contribution in [0, 0.1) is 0 Å². The third-order valence-electron chi connectivity index (χ3n) is 1.26. The molecule has 0 aliphatic rings. The molecule has 11 heavy (non-hydrogen) atoms. The van der Waals surface area contributed by atoms with Crippen molar-refractivity contribution in [3.63, 3.8) is 0 Å². The zero-order valence-electron chi connectivity index (χ0n) is 7.01. The average Bonchev–Trinajstić information content (AvgIpc) is 2.03. The summed E-state index contributed by atoms with van der Waals surface area (Å²) in [5.41, 5.74) is 1.97. The quantitative estimate of drug-likeness (QED) is 0.533. The SMILES string of the molecule is C=C/C=C(\C=C/C)C(=C)C=C. The lowest BCUT2D eigenvalue weighted by molar-refractivity contribution is 1.55. The van der Waals surface area contributed by atoms with Crippen LogP contribution in [0.15, 0.2) is 61.3 Å². The maximum Gasteiger partial charge on any atom is -0.0194 e. The lowest BCUT2D eigenvalue weighted by Crippen LogP contribution is -1.78. The van der Waals surface area contributed by atoms with E-state index in [1.807, 2.05) is 25.2 Å². The molecule has 0 aliphatic carbocycles. The first-order valence-corrected chi connectivity index (χ1v) is 3.53. The van der Waals surface area contributed by atoms with Crippen LogP contribution in [0.25, 0.3) is 0 Å². The summed E-state index contributed by atoms with van der Waals surface area (Å²) < 4.78 is 0. The molecule has 0 heteroatoms. The summed E-state index contributed by atoms with van der Waals surface area (Å²) >= 11 is 0. The van der Waals surface area contributed by atoms with Crippen molar-refractivity contribution in [3.05, 3.63) is 61.3 Å². The molecule has 0 aromatic rings. The van der Waals surface area contributed by atoms with Crippen LogP contribution < -0.4 is 0 Å². The molecule has 0 unspecified atom stereocenters. The molecule has 0 aliphatic heterocycles. The standard InChI is InChI=1S/C11H14/c1-5-8-11(9-6-2)10(4)7-3/h5-9H,1,3-4H2,2H3/b9-6-,11-8+. The molecule has 0 nitrogen and oxygen atoms in total. The third kappa shape index (κ3) is 3.41. The fourth-order valence-corrected chi connectivity index (χ4v) is 0.694. The predicted octanol–water partition coefficient (Wildman–Crippen LogP) is 3.42. The Morgan fingerprint density at radius 1 is 1.27 bits per heavy atom. The van der Waals surface area contributed by atoms with Gasteiger partial charge in [0.1, 0.15) is 0 Å². The number of allylic oxidation sites excluding steroid dienone is 7. The van der Waals surface area contributed by atoms with Gasteiger partial charge in [-0.3, -0.25) is 0 Å². The Morgan fingerprint density at radius 3 is 2.27 bits per heavy atom. The van der Waals surface area contributed by atoms with E-state index in [4.69, 9.17) is 0 Å². The summed E-state index contributed by atoms with van der Waals surface area (Å²) in [4.78, 5) is 0. The Labute approximate surface area is 68.9 Å². The highest BCUT2D eigenvalue weighted by Gasteiger charge is 1.90. The molecular weight excluding hydrogens is 132 g/mol. The van der Waals surface area contributed by atoms with Gasteiger partial charge in [-0.25, -0.2) is 0 Å². The topological polar surface area (TPSA) is 0 Å². The highest BCUT2D eigenvalue weighted by Crippen LogP contribution is 2.09. The fraction of sp³-hybridized carbons (Fsp3) is 0.0909. The molecule has 0 bridgehead atoms. The molecule has 0 N–H and O–H groups in total. The van der Waals surface area contributed by atoms with E-state index in [1.165, 1.54) is 0 Å². The van der Waals surface area contributed by atoms with Crippen molar-refractivity contribution in [1.29, 1.82) is 0 Å². The first-order valence-electron chi connectivity index (χ1n) is 3.53. The van der Waals surface area contributed by atoms with Crippen LogP contribution >= 0.6 is 0 Å². The van der Waals surface area contributed by atoms with Crippen molar-refractivity contribution >= 4 is 0 Å². The highest BCUT2D eigenvalue weighted by atomic mass is 13.9. The van der Waals surface area contributed by atoms with E-state index < -0.39 is 0 Å². The molecule has 0 spiro atoms. The van der Waals surface area contributed by atoms with Crippen molar-refractivity contribution in [1.82, 2.24) is 0 Å². The summed E-state index contributed by atoms with van der Waals surface area (Å²) in [5.74, 6) is 0. The van der Waals surface area contributed by atoms with Crippen molar-refractivity contribution in [2.75, 3.05) is 0 Å². The maximum atomic E-state index is 3.83. The van der Waals surface area contributed by atoms with Gasteiger partial charge in [-0.05, 0) is 18.1 Å². The van der Waals surface area contributed by atoms with Crippen molar-refractivity contribution in [2.45, 2.75) is 6.92 Å². The first kappa shape index (κ1) is 9.70. The van der Waals surface area contributed by atoms with Crippen LogP contribution in [-0.4, -0.2) is 0 Å². The van der Waals surface area contributed by atoms with Gasteiger partial charge in [0.25, 0.3) is 0 Å². The molecule has 0 saturated heterocycles. The second-order valence-corrected chi connectivity index (χ2v) is 2.09. The van der Waals surface area contributed by atoms with E-state index in [-0.39, 0.29) is 0 Å². The van der Waals surface area contributed by atoms with Gasteiger partial charge < -0.3 is 0 Å². The maximum absolute atomic E-state index is 3.83. The number of hydrogen-bond acceptors (Lipinski definition) is 0. The van der Waals surface area contributed by atoms with Crippen molar-refractivity contribution in [2.24, 2.45) is 0 Å². The first-order chi connectivity index (χ1) is 5.26. The fourth-order valence-electron chi connectivity index (χ4n) is 0.694. The van der Waals surface area contributed by atoms with Crippen LogP contribution in [0.2, 0.25) is 0 Å². The number of rotatable bonds is 4. The van der Waals surface area contributed by atoms with Crippen molar-refractivity contribution < 1.29 is 0 Å². The Hall–Kier alpha value is -1.30.